The molecule has 32 heavy (non-hydrogen) atoms. The summed E-state index contributed by atoms with van der Waals surface area (Å²) < 4.78 is 16.8. The largest absolute Gasteiger partial charge is 0.493 e. The van der Waals surface area contributed by atoms with Crippen molar-refractivity contribution in [1.29, 1.82) is 0 Å². The number of benzene rings is 3. The van der Waals surface area contributed by atoms with Crippen molar-refractivity contribution in [3.05, 3.63) is 94.0 Å². The molecule has 0 aliphatic rings. The molecule has 7 heteroatoms. The molecule has 0 saturated carbocycles. The first-order chi connectivity index (χ1) is 15.5. The molecule has 0 spiro atoms. The maximum Gasteiger partial charge on any atom is 0.337 e. The van der Waals surface area contributed by atoms with E-state index in [1.165, 1.54) is 13.2 Å². The number of ether oxygens (including phenoxy) is 3. The fraction of sp³-hybridized carbons (Fsp3) is 0.120. The predicted molar refractivity (Wildman–Crippen MR) is 127 cm³/mol. The van der Waals surface area contributed by atoms with Crippen LogP contribution in [0.25, 0.3) is 6.08 Å². The van der Waals surface area contributed by atoms with Gasteiger partial charge in [-0.1, -0.05) is 36.4 Å². The van der Waals surface area contributed by atoms with Gasteiger partial charge in [-0.2, -0.15) is 0 Å². The lowest BCUT2D eigenvalue weighted by Gasteiger charge is -2.13. The van der Waals surface area contributed by atoms with Gasteiger partial charge in [-0.05, 0) is 63.5 Å². The Morgan fingerprint density at radius 3 is 2.50 bits per heavy atom. The molecular formula is C25H22BrNO5. The SMILES string of the molecule is COC(=O)c1cccc(NC(=O)C=Cc2cc(Br)c(OCc3ccccc3)c(OC)c2)c1. The van der Waals surface area contributed by atoms with Gasteiger partial charge < -0.3 is 19.5 Å². The number of hydrogen-bond acceptors (Lipinski definition) is 5. The van der Waals surface area contributed by atoms with E-state index in [-0.39, 0.29) is 5.91 Å². The first kappa shape index (κ1) is 23.1. The molecule has 0 fully saturated rings. The topological polar surface area (TPSA) is 73.9 Å². The molecule has 3 aromatic rings. The van der Waals surface area contributed by atoms with Crippen molar-refractivity contribution in [2.45, 2.75) is 6.61 Å². The Hall–Kier alpha value is -3.58. The fourth-order valence-electron chi connectivity index (χ4n) is 2.90. The fourth-order valence-corrected chi connectivity index (χ4v) is 3.48. The Labute approximate surface area is 194 Å². The Kier molecular flexibility index (Phi) is 8.05. The molecule has 0 aliphatic carbocycles. The molecule has 0 heterocycles. The van der Waals surface area contributed by atoms with Crippen molar-refractivity contribution in [1.82, 2.24) is 0 Å². The first-order valence-electron chi connectivity index (χ1n) is 9.72. The van der Waals surface area contributed by atoms with Gasteiger partial charge in [-0.15, -0.1) is 0 Å². The third kappa shape index (κ3) is 6.21. The summed E-state index contributed by atoms with van der Waals surface area (Å²) in [5.41, 5.74) is 2.64. The van der Waals surface area contributed by atoms with Crippen LogP contribution in [-0.2, 0) is 16.1 Å². The van der Waals surface area contributed by atoms with E-state index in [0.29, 0.717) is 33.8 Å². The molecular weight excluding hydrogens is 474 g/mol. The summed E-state index contributed by atoms with van der Waals surface area (Å²) in [4.78, 5) is 24.0. The van der Waals surface area contributed by atoms with Crippen LogP contribution in [0.2, 0.25) is 0 Å². The van der Waals surface area contributed by atoms with Crippen molar-refractivity contribution in [3.8, 4) is 11.5 Å². The van der Waals surface area contributed by atoms with Crippen LogP contribution in [0.3, 0.4) is 0 Å². The number of carbonyl (C=O) groups is 2. The molecule has 0 atom stereocenters. The molecule has 0 aromatic heterocycles. The van der Waals surface area contributed by atoms with E-state index < -0.39 is 5.97 Å². The maximum absolute atomic E-state index is 12.3. The lowest BCUT2D eigenvalue weighted by Crippen LogP contribution is -2.09. The lowest BCUT2D eigenvalue weighted by molar-refractivity contribution is -0.111. The summed E-state index contributed by atoms with van der Waals surface area (Å²) in [5.74, 6) is 0.313. The summed E-state index contributed by atoms with van der Waals surface area (Å²) in [5, 5.41) is 2.72. The van der Waals surface area contributed by atoms with Gasteiger partial charge in [0.25, 0.3) is 0 Å². The van der Waals surface area contributed by atoms with Crippen molar-refractivity contribution < 1.29 is 23.8 Å². The van der Waals surface area contributed by atoms with Gasteiger partial charge in [0.1, 0.15) is 6.61 Å². The normalized spacial score (nSPS) is 10.6. The summed E-state index contributed by atoms with van der Waals surface area (Å²) in [6, 6.07) is 20.0. The minimum Gasteiger partial charge on any atom is -0.493 e. The molecule has 0 unspecified atom stereocenters. The first-order valence-corrected chi connectivity index (χ1v) is 10.5. The lowest BCUT2D eigenvalue weighted by atomic mass is 10.1. The number of carbonyl (C=O) groups excluding carboxylic acids is 2. The van der Waals surface area contributed by atoms with Crippen LogP contribution >= 0.6 is 15.9 Å². The number of methoxy groups -OCH3 is 2. The minimum atomic E-state index is -0.469. The number of esters is 1. The summed E-state index contributed by atoms with van der Waals surface area (Å²) in [7, 11) is 2.87. The second-order valence-corrected chi connectivity index (χ2v) is 7.56. The second-order valence-electron chi connectivity index (χ2n) is 6.70. The number of halogens is 1. The number of amides is 1. The van der Waals surface area contributed by atoms with Crippen LogP contribution in [0, 0.1) is 0 Å². The monoisotopic (exact) mass is 495 g/mol. The molecule has 6 nitrogen and oxygen atoms in total. The van der Waals surface area contributed by atoms with Crippen LogP contribution in [0.5, 0.6) is 11.5 Å². The van der Waals surface area contributed by atoms with Gasteiger partial charge >= 0.3 is 5.97 Å². The van der Waals surface area contributed by atoms with E-state index in [4.69, 9.17) is 14.2 Å². The molecule has 3 aromatic carbocycles. The number of hydrogen-bond donors (Lipinski definition) is 1. The standard InChI is InChI=1S/C25H22BrNO5/c1-30-22-14-18(13-21(26)24(22)32-16-17-7-4-3-5-8-17)11-12-23(28)27-20-10-6-9-19(15-20)25(29)31-2/h3-15H,16H2,1-2H3,(H,27,28). The molecule has 3 rings (SSSR count). The molecule has 1 amide bonds. The van der Waals surface area contributed by atoms with Crippen LogP contribution in [0.4, 0.5) is 5.69 Å². The highest BCUT2D eigenvalue weighted by Crippen LogP contribution is 2.37. The highest BCUT2D eigenvalue weighted by Gasteiger charge is 2.12. The van der Waals surface area contributed by atoms with Gasteiger partial charge in [-0.3, -0.25) is 4.79 Å². The quantitative estimate of drug-likeness (QED) is 0.331. The van der Waals surface area contributed by atoms with Gasteiger partial charge in [0, 0.05) is 11.8 Å². The van der Waals surface area contributed by atoms with E-state index in [2.05, 4.69) is 21.2 Å². The number of rotatable bonds is 8. The highest BCUT2D eigenvalue weighted by molar-refractivity contribution is 9.10. The van der Waals surface area contributed by atoms with E-state index in [0.717, 1.165) is 11.1 Å². The van der Waals surface area contributed by atoms with E-state index in [1.807, 2.05) is 36.4 Å². The highest BCUT2D eigenvalue weighted by atomic mass is 79.9. The predicted octanol–water partition coefficient (Wildman–Crippen LogP) is 5.48. The van der Waals surface area contributed by atoms with Gasteiger partial charge in [-0.25, -0.2) is 4.79 Å². The second kappa shape index (κ2) is 11.2. The minimum absolute atomic E-state index is 0.341. The van der Waals surface area contributed by atoms with Crippen molar-refractivity contribution in [2.24, 2.45) is 0 Å². The van der Waals surface area contributed by atoms with Gasteiger partial charge in [0.05, 0.1) is 24.3 Å². The summed E-state index contributed by atoms with van der Waals surface area (Å²) in [6.07, 6.45) is 3.06. The van der Waals surface area contributed by atoms with Crippen LogP contribution < -0.4 is 14.8 Å². The Morgan fingerprint density at radius 1 is 1.00 bits per heavy atom. The van der Waals surface area contributed by atoms with Gasteiger partial charge in [0.2, 0.25) is 5.91 Å². The average molecular weight is 496 g/mol. The third-order valence-electron chi connectivity index (χ3n) is 4.46. The molecule has 0 aliphatic heterocycles. The molecule has 164 valence electrons. The summed E-state index contributed by atoms with van der Waals surface area (Å²) in [6.45, 7) is 0.401. The van der Waals surface area contributed by atoms with Gasteiger partial charge in [0.15, 0.2) is 11.5 Å². The van der Waals surface area contributed by atoms with Crippen molar-refractivity contribution >= 4 is 39.6 Å². The molecule has 0 bridgehead atoms. The van der Waals surface area contributed by atoms with E-state index >= 15 is 0 Å². The maximum atomic E-state index is 12.3. The third-order valence-corrected chi connectivity index (χ3v) is 5.05. The Bertz CT molecular complexity index is 1130. The van der Waals surface area contributed by atoms with Crippen LogP contribution in [0.15, 0.2) is 77.3 Å². The number of nitrogens with one attached hydrogen (secondary N) is 1. The Balaban J connectivity index is 1.69. The van der Waals surface area contributed by atoms with E-state index in [1.54, 1.807) is 43.5 Å². The van der Waals surface area contributed by atoms with Crippen molar-refractivity contribution in [3.63, 3.8) is 0 Å². The van der Waals surface area contributed by atoms with Crippen LogP contribution in [0.1, 0.15) is 21.5 Å². The smallest absolute Gasteiger partial charge is 0.337 e. The summed E-state index contributed by atoms with van der Waals surface area (Å²) >= 11 is 3.52. The molecule has 0 radical (unpaired) electrons. The van der Waals surface area contributed by atoms with Crippen molar-refractivity contribution in [2.75, 3.05) is 19.5 Å². The van der Waals surface area contributed by atoms with Crippen LogP contribution in [-0.4, -0.2) is 26.1 Å². The zero-order valence-electron chi connectivity index (χ0n) is 17.6. The zero-order chi connectivity index (χ0) is 22.9. The average Bonchev–Trinajstić information content (AvgIpc) is 2.82. The van der Waals surface area contributed by atoms with E-state index in [9.17, 15) is 9.59 Å². The molecule has 0 saturated heterocycles. The number of anilines is 1. The Morgan fingerprint density at radius 2 is 1.78 bits per heavy atom. The zero-order valence-corrected chi connectivity index (χ0v) is 19.2. The molecule has 1 N–H and O–H groups in total.